The predicted octanol–water partition coefficient (Wildman–Crippen LogP) is 2.09. The highest BCUT2D eigenvalue weighted by Crippen LogP contribution is 2.39. The van der Waals surface area contributed by atoms with Gasteiger partial charge in [-0.05, 0) is 31.5 Å². The fraction of sp³-hybridized carbons (Fsp3) is 0.462. The lowest BCUT2D eigenvalue weighted by Crippen LogP contribution is -2.22. The Morgan fingerprint density at radius 3 is 2.71 bits per heavy atom. The third kappa shape index (κ3) is 2.64. The normalized spacial score (nSPS) is 26.6. The smallest absolute Gasteiger partial charge is 0.338 e. The molecule has 4 heteroatoms. The van der Waals surface area contributed by atoms with E-state index in [1.165, 1.54) is 12.1 Å². The Bertz CT molecular complexity index is 415. The fourth-order valence-electron chi connectivity index (χ4n) is 1.89. The van der Waals surface area contributed by atoms with Gasteiger partial charge in [0.05, 0.1) is 6.61 Å². The van der Waals surface area contributed by atoms with Crippen LogP contribution < -0.4 is 0 Å². The second-order valence-corrected chi connectivity index (χ2v) is 4.37. The van der Waals surface area contributed by atoms with Crippen LogP contribution in [-0.2, 0) is 20.7 Å². The first-order valence-electron chi connectivity index (χ1n) is 5.64. The van der Waals surface area contributed by atoms with Crippen molar-refractivity contribution in [3.63, 3.8) is 0 Å². The lowest BCUT2D eigenvalue weighted by atomic mass is 9.98. The van der Waals surface area contributed by atoms with Crippen LogP contribution in [0.2, 0.25) is 0 Å². The number of carbonyl (C=O) groups is 1. The third-order valence-electron chi connectivity index (χ3n) is 2.85. The molecule has 17 heavy (non-hydrogen) atoms. The van der Waals surface area contributed by atoms with Gasteiger partial charge in [-0.1, -0.05) is 12.1 Å². The van der Waals surface area contributed by atoms with Crippen LogP contribution in [0.5, 0.6) is 0 Å². The Hall–Kier alpha value is -1.42. The van der Waals surface area contributed by atoms with Crippen LogP contribution in [0.1, 0.15) is 19.4 Å². The Balaban J connectivity index is 1.96. The molecule has 1 saturated heterocycles. The van der Waals surface area contributed by atoms with Crippen molar-refractivity contribution in [3.8, 4) is 0 Å². The minimum absolute atomic E-state index is 0.266. The summed E-state index contributed by atoms with van der Waals surface area (Å²) in [6, 6.07) is 6.20. The molecule has 92 valence electrons. The number of epoxide rings is 1. The average molecular weight is 238 g/mol. The quantitative estimate of drug-likeness (QED) is 0.595. The number of halogens is 1. The zero-order valence-corrected chi connectivity index (χ0v) is 9.90. The van der Waals surface area contributed by atoms with Crippen LogP contribution >= 0.6 is 0 Å². The molecule has 2 unspecified atom stereocenters. The van der Waals surface area contributed by atoms with Crippen LogP contribution in [0.4, 0.5) is 4.39 Å². The van der Waals surface area contributed by atoms with Gasteiger partial charge >= 0.3 is 5.97 Å². The Kier molecular flexibility index (Phi) is 3.15. The summed E-state index contributed by atoms with van der Waals surface area (Å²) >= 11 is 0. The first-order chi connectivity index (χ1) is 8.05. The topological polar surface area (TPSA) is 38.8 Å². The molecule has 1 aliphatic rings. The largest absolute Gasteiger partial charge is 0.464 e. The summed E-state index contributed by atoms with van der Waals surface area (Å²) < 4.78 is 23.0. The number of benzene rings is 1. The first kappa shape index (κ1) is 12.0. The maximum absolute atomic E-state index is 12.7. The van der Waals surface area contributed by atoms with Crippen LogP contribution in [-0.4, -0.2) is 24.3 Å². The summed E-state index contributed by atoms with van der Waals surface area (Å²) in [6.45, 7) is 3.97. The van der Waals surface area contributed by atoms with Gasteiger partial charge in [-0.2, -0.15) is 0 Å². The van der Waals surface area contributed by atoms with E-state index >= 15 is 0 Å². The molecular weight excluding hydrogens is 223 g/mol. The number of esters is 1. The summed E-state index contributed by atoms with van der Waals surface area (Å²) in [5, 5.41) is 0. The molecule has 0 aliphatic carbocycles. The molecule has 2 rings (SSSR count). The second kappa shape index (κ2) is 4.45. The molecule has 2 atom stereocenters. The third-order valence-corrected chi connectivity index (χ3v) is 2.85. The van der Waals surface area contributed by atoms with E-state index in [9.17, 15) is 9.18 Å². The zero-order valence-electron chi connectivity index (χ0n) is 9.90. The van der Waals surface area contributed by atoms with E-state index in [1.54, 1.807) is 19.1 Å². The van der Waals surface area contributed by atoms with Crippen molar-refractivity contribution in [2.45, 2.75) is 32.0 Å². The van der Waals surface area contributed by atoms with Crippen LogP contribution in [0.25, 0.3) is 0 Å². The molecular formula is C13H15FO3. The van der Waals surface area contributed by atoms with Gasteiger partial charge < -0.3 is 9.47 Å². The highest BCUT2D eigenvalue weighted by atomic mass is 19.1. The summed E-state index contributed by atoms with van der Waals surface area (Å²) in [4.78, 5) is 11.5. The van der Waals surface area contributed by atoms with Crippen molar-refractivity contribution in [3.05, 3.63) is 35.6 Å². The Morgan fingerprint density at radius 2 is 2.12 bits per heavy atom. The number of carbonyl (C=O) groups excluding carboxylic acids is 1. The van der Waals surface area contributed by atoms with E-state index < -0.39 is 11.7 Å². The Labute approximate surface area is 99.5 Å². The molecule has 3 nitrogen and oxygen atoms in total. The van der Waals surface area contributed by atoms with Gasteiger partial charge in [0.15, 0.2) is 6.10 Å². The van der Waals surface area contributed by atoms with Crippen molar-refractivity contribution in [2.24, 2.45) is 0 Å². The maximum atomic E-state index is 12.7. The molecule has 1 heterocycles. The zero-order chi connectivity index (χ0) is 12.5. The minimum atomic E-state index is -0.510. The lowest BCUT2D eigenvalue weighted by molar-refractivity contribution is -0.144. The molecule has 0 aromatic heterocycles. The molecule has 0 saturated carbocycles. The van der Waals surface area contributed by atoms with E-state index in [0.717, 1.165) is 5.56 Å². The monoisotopic (exact) mass is 238 g/mol. The molecule has 0 N–H and O–H groups in total. The summed E-state index contributed by atoms with van der Waals surface area (Å²) in [6.07, 6.45) is 0.0871. The molecule has 0 radical (unpaired) electrons. The minimum Gasteiger partial charge on any atom is -0.464 e. The van der Waals surface area contributed by atoms with Gasteiger partial charge in [0.1, 0.15) is 11.4 Å². The molecule has 0 amide bonds. The molecule has 0 spiro atoms. The van der Waals surface area contributed by atoms with E-state index in [1.807, 2.05) is 6.92 Å². The summed E-state index contributed by atoms with van der Waals surface area (Å²) in [5.41, 5.74) is 0.435. The number of hydrogen-bond donors (Lipinski definition) is 0. The first-order valence-corrected chi connectivity index (χ1v) is 5.64. The molecule has 1 aromatic rings. The molecule has 1 aliphatic heterocycles. The molecule has 1 fully saturated rings. The van der Waals surface area contributed by atoms with Gasteiger partial charge in [0.25, 0.3) is 0 Å². The highest BCUT2D eigenvalue weighted by molar-refractivity contribution is 5.79. The van der Waals surface area contributed by atoms with Gasteiger partial charge in [-0.25, -0.2) is 9.18 Å². The van der Waals surface area contributed by atoms with Gasteiger partial charge in [0, 0.05) is 6.42 Å². The van der Waals surface area contributed by atoms with Crippen LogP contribution in [0, 0.1) is 5.82 Å². The van der Waals surface area contributed by atoms with Crippen LogP contribution in [0.15, 0.2) is 24.3 Å². The highest BCUT2D eigenvalue weighted by Gasteiger charge is 2.57. The summed E-state index contributed by atoms with van der Waals surface area (Å²) in [7, 11) is 0. The van der Waals surface area contributed by atoms with Crippen molar-refractivity contribution < 1.29 is 18.7 Å². The standard InChI is InChI=1S/C13H15FO3/c1-3-16-12(15)11-13(2,17-11)8-9-4-6-10(14)7-5-9/h4-7,11H,3,8H2,1-2H3. The van der Waals surface area contributed by atoms with Crippen molar-refractivity contribution in [1.82, 2.24) is 0 Å². The maximum Gasteiger partial charge on any atom is 0.338 e. The van der Waals surface area contributed by atoms with E-state index in [0.29, 0.717) is 13.0 Å². The van der Waals surface area contributed by atoms with E-state index in [-0.39, 0.29) is 11.8 Å². The Morgan fingerprint density at radius 1 is 1.47 bits per heavy atom. The van der Waals surface area contributed by atoms with E-state index in [2.05, 4.69) is 0 Å². The second-order valence-electron chi connectivity index (χ2n) is 4.37. The predicted molar refractivity (Wildman–Crippen MR) is 60.0 cm³/mol. The van der Waals surface area contributed by atoms with Crippen molar-refractivity contribution >= 4 is 5.97 Å². The van der Waals surface area contributed by atoms with Crippen molar-refractivity contribution in [2.75, 3.05) is 6.61 Å². The van der Waals surface area contributed by atoms with Crippen LogP contribution in [0.3, 0.4) is 0 Å². The van der Waals surface area contributed by atoms with Gasteiger partial charge in [-0.3, -0.25) is 0 Å². The number of hydrogen-bond acceptors (Lipinski definition) is 3. The van der Waals surface area contributed by atoms with Gasteiger partial charge in [0.2, 0.25) is 0 Å². The van der Waals surface area contributed by atoms with Crippen molar-refractivity contribution in [1.29, 1.82) is 0 Å². The van der Waals surface area contributed by atoms with Gasteiger partial charge in [-0.15, -0.1) is 0 Å². The fourth-order valence-corrected chi connectivity index (χ4v) is 1.89. The molecule has 0 bridgehead atoms. The van der Waals surface area contributed by atoms with E-state index in [4.69, 9.17) is 9.47 Å². The molecule has 1 aromatic carbocycles. The summed E-state index contributed by atoms with van der Waals surface area (Å²) in [5.74, 6) is -0.588. The number of rotatable bonds is 4. The average Bonchev–Trinajstić information content (AvgIpc) is 2.95. The number of ether oxygens (including phenoxy) is 2. The lowest BCUT2D eigenvalue weighted by Gasteiger charge is -2.06. The SMILES string of the molecule is CCOC(=O)C1OC1(C)Cc1ccc(F)cc1.